The molecule has 0 amide bonds. The molecule has 0 aromatic heterocycles. The van der Waals surface area contributed by atoms with E-state index >= 15 is 0 Å². The van der Waals surface area contributed by atoms with Gasteiger partial charge in [-0.2, -0.15) is 0 Å². The number of nitrogens with one attached hydrogen (secondary N) is 1. The molecule has 0 aliphatic carbocycles. The Hall–Kier alpha value is -1.96. The van der Waals surface area contributed by atoms with Crippen LogP contribution in [-0.4, -0.2) is 14.2 Å². The third-order valence-corrected chi connectivity index (χ3v) is 3.55. The Balaban J connectivity index is 2.52. The maximum Gasteiger partial charge on any atom is 0.126 e. The first-order valence-electron chi connectivity index (χ1n) is 6.92. The third kappa shape index (κ3) is 2.96. The molecule has 0 heterocycles. The van der Waals surface area contributed by atoms with Gasteiger partial charge in [0.1, 0.15) is 5.75 Å². The quantitative estimate of drug-likeness (QED) is 0.872. The van der Waals surface area contributed by atoms with Crippen molar-refractivity contribution in [2.24, 2.45) is 0 Å². The summed E-state index contributed by atoms with van der Waals surface area (Å²) in [6, 6.07) is 14.8. The molecule has 0 atom stereocenters. The lowest BCUT2D eigenvalue weighted by molar-refractivity contribution is 0.416. The van der Waals surface area contributed by atoms with Gasteiger partial charge in [0.2, 0.25) is 0 Å². The second kappa shape index (κ2) is 5.58. The minimum absolute atomic E-state index is 0.131. The van der Waals surface area contributed by atoms with Crippen molar-refractivity contribution in [3.8, 4) is 16.9 Å². The monoisotopic (exact) mass is 269 g/mol. The molecule has 0 spiro atoms. The standard InChI is InChI=1S/C18H23NO/c1-18(2,3)14-8-11-17(20-5)16(12-14)13-6-9-15(19-4)10-7-13/h6-12,19H,1-5H3. The van der Waals surface area contributed by atoms with Crippen molar-refractivity contribution in [1.29, 1.82) is 0 Å². The second-order valence-corrected chi connectivity index (χ2v) is 5.99. The summed E-state index contributed by atoms with van der Waals surface area (Å²) in [5.41, 5.74) is 4.87. The van der Waals surface area contributed by atoms with E-state index in [1.807, 2.05) is 7.05 Å². The van der Waals surface area contributed by atoms with Crippen molar-refractivity contribution < 1.29 is 4.74 Å². The van der Waals surface area contributed by atoms with Gasteiger partial charge in [-0.15, -0.1) is 0 Å². The van der Waals surface area contributed by atoms with E-state index < -0.39 is 0 Å². The summed E-state index contributed by atoms with van der Waals surface area (Å²) in [6.45, 7) is 6.67. The molecule has 2 nitrogen and oxygen atoms in total. The number of anilines is 1. The van der Waals surface area contributed by atoms with Crippen LogP contribution in [0.4, 0.5) is 5.69 Å². The fraction of sp³-hybridized carbons (Fsp3) is 0.333. The van der Waals surface area contributed by atoms with Gasteiger partial charge >= 0.3 is 0 Å². The number of rotatable bonds is 3. The molecule has 2 rings (SSSR count). The Kier molecular flexibility index (Phi) is 4.03. The van der Waals surface area contributed by atoms with Crippen molar-refractivity contribution in [2.45, 2.75) is 26.2 Å². The number of hydrogen-bond acceptors (Lipinski definition) is 2. The first-order valence-corrected chi connectivity index (χ1v) is 6.92. The molecule has 0 unspecified atom stereocenters. The van der Waals surface area contributed by atoms with E-state index in [1.54, 1.807) is 7.11 Å². The molecule has 20 heavy (non-hydrogen) atoms. The first-order chi connectivity index (χ1) is 9.45. The molecule has 0 fully saturated rings. The molecule has 0 saturated heterocycles. The smallest absolute Gasteiger partial charge is 0.126 e. The van der Waals surface area contributed by atoms with Gasteiger partial charge in [0.05, 0.1) is 7.11 Å². The molecule has 0 aliphatic heterocycles. The molecule has 106 valence electrons. The summed E-state index contributed by atoms with van der Waals surface area (Å²) < 4.78 is 5.51. The van der Waals surface area contributed by atoms with E-state index in [-0.39, 0.29) is 5.41 Å². The topological polar surface area (TPSA) is 21.3 Å². The number of ether oxygens (including phenoxy) is 1. The summed E-state index contributed by atoms with van der Waals surface area (Å²) in [5.74, 6) is 0.912. The fourth-order valence-electron chi connectivity index (χ4n) is 2.22. The first kappa shape index (κ1) is 14.4. The molecular formula is C18H23NO. The number of benzene rings is 2. The van der Waals surface area contributed by atoms with E-state index in [2.05, 4.69) is 68.6 Å². The average Bonchev–Trinajstić information content (AvgIpc) is 2.45. The zero-order valence-electron chi connectivity index (χ0n) is 12.9. The Morgan fingerprint density at radius 3 is 2.10 bits per heavy atom. The maximum atomic E-state index is 5.51. The van der Waals surface area contributed by atoms with Gasteiger partial charge in [0.15, 0.2) is 0 Å². The van der Waals surface area contributed by atoms with Crippen LogP contribution in [0.15, 0.2) is 42.5 Å². The summed E-state index contributed by atoms with van der Waals surface area (Å²) in [4.78, 5) is 0. The molecule has 0 radical (unpaired) electrons. The van der Waals surface area contributed by atoms with E-state index in [4.69, 9.17) is 4.74 Å². The minimum Gasteiger partial charge on any atom is -0.496 e. The predicted molar refractivity (Wildman–Crippen MR) is 86.7 cm³/mol. The number of hydrogen-bond donors (Lipinski definition) is 1. The predicted octanol–water partition coefficient (Wildman–Crippen LogP) is 4.70. The minimum atomic E-state index is 0.131. The second-order valence-electron chi connectivity index (χ2n) is 5.99. The number of methoxy groups -OCH3 is 1. The highest BCUT2D eigenvalue weighted by atomic mass is 16.5. The van der Waals surface area contributed by atoms with Crippen molar-refractivity contribution >= 4 is 5.69 Å². The van der Waals surface area contributed by atoms with Gasteiger partial charge in [-0.05, 0) is 40.8 Å². The zero-order chi connectivity index (χ0) is 14.8. The van der Waals surface area contributed by atoms with E-state index in [0.717, 1.165) is 17.0 Å². The van der Waals surface area contributed by atoms with Gasteiger partial charge in [-0.25, -0.2) is 0 Å². The molecule has 2 heteroatoms. The van der Waals surface area contributed by atoms with Crippen LogP contribution in [0.2, 0.25) is 0 Å². The zero-order valence-corrected chi connectivity index (χ0v) is 12.9. The molecule has 0 aliphatic rings. The van der Waals surface area contributed by atoms with Crippen LogP contribution in [0, 0.1) is 0 Å². The highest BCUT2D eigenvalue weighted by molar-refractivity contribution is 5.73. The van der Waals surface area contributed by atoms with Crippen LogP contribution in [-0.2, 0) is 5.41 Å². The van der Waals surface area contributed by atoms with E-state index in [0.29, 0.717) is 0 Å². The van der Waals surface area contributed by atoms with Gasteiger partial charge in [0.25, 0.3) is 0 Å². The Labute approximate surface area is 121 Å². The van der Waals surface area contributed by atoms with E-state index in [1.165, 1.54) is 11.1 Å². The van der Waals surface area contributed by atoms with E-state index in [9.17, 15) is 0 Å². The lowest BCUT2D eigenvalue weighted by Crippen LogP contribution is -2.11. The highest BCUT2D eigenvalue weighted by Gasteiger charge is 2.16. The Morgan fingerprint density at radius 1 is 0.950 bits per heavy atom. The molecule has 0 saturated carbocycles. The molecule has 1 N–H and O–H groups in total. The van der Waals surface area contributed by atoms with Crippen molar-refractivity contribution in [2.75, 3.05) is 19.5 Å². The van der Waals surface area contributed by atoms with Crippen LogP contribution in [0.3, 0.4) is 0 Å². The van der Waals surface area contributed by atoms with Crippen LogP contribution in [0.1, 0.15) is 26.3 Å². The molecule has 0 bridgehead atoms. The maximum absolute atomic E-state index is 5.51. The lowest BCUT2D eigenvalue weighted by Gasteiger charge is -2.21. The highest BCUT2D eigenvalue weighted by Crippen LogP contribution is 2.35. The summed E-state index contributed by atoms with van der Waals surface area (Å²) in [6.07, 6.45) is 0. The van der Waals surface area contributed by atoms with Crippen LogP contribution in [0.25, 0.3) is 11.1 Å². The SMILES string of the molecule is CNc1ccc(-c2cc(C(C)(C)C)ccc2OC)cc1. The molecule has 2 aromatic rings. The lowest BCUT2D eigenvalue weighted by atomic mass is 9.85. The molecular weight excluding hydrogens is 246 g/mol. The summed E-state index contributed by atoms with van der Waals surface area (Å²) in [7, 11) is 3.65. The van der Waals surface area contributed by atoms with Crippen LogP contribution >= 0.6 is 0 Å². The Morgan fingerprint density at radius 2 is 1.60 bits per heavy atom. The van der Waals surface area contributed by atoms with Gasteiger partial charge in [-0.1, -0.05) is 39.0 Å². The van der Waals surface area contributed by atoms with Crippen LogP contribution in [0.5, 0.6) is 5.75 Å². The fourth-order valence-corrected chi connectivity index (χ4v) is 2.22. The summed E-state index contributed by atoms with van der Waals surface area (Å²) in [5, 5.41) is 3.14. The van der Waals surface area contributed by atoms with Crippen molar-refractivity contribution in [1.82, 2.24) is 0 Å². The average molecular weight is 269 g/mol. The van der Waals surface area contributed by atoms with Crippen molar-refractivity contribution in [3.05, 3.63) is 48.0 Å². The van der Waals surface area contributed by atoms with Gasteiger partial charge in [0, 0.05) is 18.3 Å². The van der Waals surface area contributed by atoms with Gasteiger partial charge < -0.3 is 10.1 Å². The van der Waals surface area contributed by atoms with Crippen molar-refractivity contribution in [3.63, 3.8) is 0 Å². The normalized spacial score (nSPS) is 11.2. The summed E-state index contributed by atoms with van der Waals surface area (Å²) >= 11 is 0. The molecule has 2 aromatic carbocycles. The third-order valence-electron chi connectivity index (χ3n) is 3.55. The van der Waals surface area contributed by atoms with Crippen LogP contribution < -0.4 is 10.1 Å². The van der Waals surface area contributed by atoms with Gasteiger partial charge in [-0.3, -0.25) is 0 Å². The largest absolute Gasteiger partial charge is 0.496 e. The Bertz CT molecular complexity index is 579.